The first-order chi connectivity index (χ1) is 9.40. The van der Waals surface area contributed by atoms with Crippen molar-refractivity contribution in [3.05, 3.63) is 63.7 Å². The maximum atomic E-state index is 13.1. The van der Waals surface area contributed by atoms with Crippen molar-refractivity contribution in [2.45, 2.75) is 0 Å². The molecule has 0 aliphatic heterocycles. The van der Waals surface area contributed by atoms with Gasteiger partial charge in [-0.2, -0.15) is 0 Å². The molecule has 0 saturated carbocycles. The van der Waals surface area contributed by atoms with Crippen LogP contribution in [0.1, 0.15) is 10.4 Å². The van der Waals surface area contributed by atoms with Gasteiger partial charge in [0.1, 0.15) is 5.56 Å². The van der Waals surface area contributed by atoms with Crippen LogP contribution < -0.4 is 0 Å². The molecule has 20 heavy (non-hydrogen) atoms. The van der Waals surface area contributed by atoms with Crippen LogP contribution >= 0.6 is 0 Å². The van der Waals surface area contributed by atoms with E-state index in [0.29, 0.717) is 0 Å². The average molecular weight is 279 g/mol. The lowest BCUT2D eigenvalue weighted by molar-refractivity contribution is -0.385. The molecule has 1 N–H and O–H groups in total. The number of nitrogens with zero attached hydrogens (tertiary/aromatic N) is 1. The summed E-state index contributed by atoms with van der Waals surface area (Å²) >= 11 is 0. The van der Waals surface area contributed by atoms with Crippen LogP contribution in [-0.2, 0) is 0 Å². The van der Waals surface area contributed by atoms with Crippen LogP contribution in [0, 0.1) is 21.7 Å². The number of nitro groups is 1. The molecule has 0 bridgehead atoms. The molecular weight excluding hydrogens is 272 g/mol. The second-order valence-electron chi connectivity index (χ2n) is 3.92. The van der Waals surface area contributed by atoms with E-state index in [1.165, 1.54) is 12.1 Å². The Morgan fingerprint density at radius 2 is 1.65 bits per heavy atom. The lowest BCUT2D eigenvalue weighted by Gasteiger charge is -2.04. The summed E-state index contributed by atoms with van der Waals surface area (Å²) in [5, 5.41) is 19.7. The molecule has 0 fully saturated rings. The molecule has 0 aliphatic rings. The number of aromatic carboxylic acids is 1. The predicted molar refractivity (Wildman–Crippen MR) is 65.4 cm³/mol. The Labute approximate surface area is 111 Å². The first-order valence-corrected chi connectivity index (χ1v) is 5.37. The van der Waals surface area contributed by atoms with Crippen molar-refractivity contribution >= 4 is 11.7 Å². The minimum atomic E-state index is -1.44. The zero-order valence-corrected chi connectivity index (χ0v) is 9.84. The molecule has 0 unspecified atom stereocenters. The van der Waals surface area contributed by atoms with Crippen LogP contribution in [0.25, 0.3) is 11.1 Å². The summed E-state index contributed by atoms with van der Waals surface area (Å²) in [4.78, 5) is 20.9. The topological polar surface area (TPSA) is 80.4 Å². The minimum Gasteiger partial charge on any atom is -0.477 e. The largest absolute Gasteiger partial charge is 0.477 e. The lowest BCUT2D eigenvalue weighted by atomic mass is 10.0. The van der Waals surface area contributed by atoms with E-state index >= 15 is 0 Å². The molecule has 2 aromatic rings. The standard InChI is InChI=1S/C13H7F2NO4/c14-10-4-2-7(5-11(10)15)8-1-3-9(13(17)18)12(6-8)16(19)20/h1-6H,(H,17,18). The van der Waals surface area contributed by atoms with Crippen molar-refractivity contribution < 1.29 is 23.6 Å². The number of nitro benzene ring substituents is 1. The monoisotopic (exact) mass is 279 g/mol. The van der Waals surface area contributed by atoms with Gasteiger partial charge in [0.05, 0.1) is 4.92 Å². The fourth-order valence-electron chi connectivity index (χ4n) is 1.72. The zero-order valence-electron chi connectivity index (χ0n) is 9.84. The number of carbonyl (C=O) groups is 1. The molecule has 5 nitrogen and oxygen atoms in total. The second kappa shape index (κ2) is 5.04. The van der Waals surface area contributed by atoms with Crippen molar-refractivity contribution in [2.75, 3.05) is 0 Å². The molecule has 0 atom stereocenters. The van der Waals surface area contributed by atoms with E-state index in [4.69, 9.17) is 5.11 Å². The van der Waals surface area contributed by atoms with Gasteiger partial charge in [0.2, 0.25) is 0 Å². The van der Waals surface area contributed by atoms with E-state index in [2.05, 4.69) is 0 Å². The Balaban J connectivity index is 2.58. The number of carboxylic acids is 1. The van der Waals surface area contributed by atoms with Crippen LogP contribution in [0.5, 0.6) is 0 Å². The van der Waals surface area contributed by atoms with Gasteiger partial charge in [-0.3, -0.25) is 10.1 Å². The molecule has 2 rings (SSSR count). The van der Waals surface area contributed by atoms with Gasteiger partial charge in [0.15, 0.2) is 11.6 Å². The Kier molecular flexibility index (Phi) is 3.43. The molecule has 102 valence electrons. The van der Waals surface area contributed by atoms with E-state index in [9.17, 15) is 23.7 Å². The highest BCUT2D eigenvalue weighted by atomic mass is 19.2. The van der Waals surface area contributed by atoms with Crippen LogP contribution in [0.2, 0.25) is 0 Å². The summed E-state index contributed by atoms with van der Waals surface area (Å²) in [6.45, 7) is 0. The van der Waals surface area contributed by atoms with Gasteiger partial charge in [0, 0.05) is 6.07 Å². The molecular formula is C13H7F2NO4. The number of carboxylic acid groups (broad SMARTS) is 1. The Morgan fingerprint density at radius 1 is 1.05 bits per heavy atom. The molecule has 7 heteroatoms. The number of hydrogen-bond donors (Lipinski definition) is 1. The maximum Gasteiger partial charge on any atom is 0.342 e. The number of hydrogen-bond acceptors (Lipinski definition) is 3. The summed E-state index contributed by atoms with van der Waals surface area (Å²) in [6, 6.07) is 6.38. The number of rotatable bonds is 3. The third kappa shape index (κ3) is 2.46. The van der Waals surface area contributed by atoms with Gasteiger partial charge in [-0.1, -0.05) is 12.1 Å². The maximum absolute atomic E-state index is 13.1. The van der Waals surface area contributed by atoms with Gasteiger partial charge in [-0.05, 0) is 29.3 Å². The first-order valence-electron chi connectivity index (χ1n) is 5.37. The fourth-order valence-corrected chi connectivity index (χ4v) is 1.72. The van der Waals surface area contributed by atoms with Crippen LogP contribution in [0.4, 0.5) is 14.5 Å². The fraction of sp³-hybridized carbons (Fsp3) is 0. The summed E-state index contributed by atoms with van der Waals surface area (Å²) < 4.78 is 26.0. The van der Waals surface area contributed by atoms with Crippen molar-refractivity contribution in [1.82, 2.24) is 0 Å². The number of halogens is 2. The highest BCUT2D eigenvalue weighted by molar-refractivity contribution is 5.93. The highest BCUT2D eigenvalue weighted by Crippen LogP contribution is 2.28. The summed E-state index contributed by atoms with van der Waals surface area (Å²) in [6.07, 6.45) is 0. The third-order valence-electron chi connectivity index (χ3n) is 2.68. The summed E-state index contributed by atoms with van der Waals surface area (Å²) in [5.41, 5.74) is -0.648. The van der Waals surface area contributed by atoms with E-state index in [1.54, 1.807) is 0 Å². The van der Waals surface area contributed by atoms with E-state index in [-0.39, 0.29) is 11.1 Å². The molecule has 0 spiro atoms. The molecule has 0 heterocycles. The summed E-state index contributed by atoms with van der Waals surface area (Å²) in [7, 11) is 0. The number of benzene rings is 2. The Bertz CT molecular complexity index is 716. The van der Waals surface area contributed by atoms with E-state index < -0.39 is 33.8 Å². The molecule has 0 aromatic heterocycles. The van der Waals surface area contributed by atoms with Gasteiger partial charge in [0.25, 0.3) is 5.69 Å². The smallest absolute Gasteiger partial charge is 0.342 e. The normalized spacial score (nSPS) is 10.3. The van der Waals surface area contributed by atoms with Gasteiger partial charge in [-0.25, -0.2) is 13.6 Å². The van der Waals surface area contributed by atoms with E-state index in [1.807, 2.05) is 0 Å². The van der Waals surface area contributed by atoms with Crippen LogP contribution in [0.3, 0.4) is 0 Å². The van der Waals surface area contributed by atoms with Crippen LogP contribution in [-0.4, -0.2) is 16.0 Å². The molecule has 2 aromatic carbocycles. The summed E-state index contributed by atoms with van der Waals surface area (Å²) in [5.74, 6) is -3.56. The highest BCUT2D eigenvalue weighted by Gasteiger charge is 2.20. The molecule has 0 saturated heterocycles. The minimum absolute atomic E-state index is 0.212. The Morgan fingerprint density at radius 3 is 2.20 bits per heavy atom. The van der Waals surface area contributed by atoms with Gasteiger partial charge >= 0.3 is 5.97 Å². The predicted octanol–water partition coefficient (Wildman–Crippen LogP) is 3.24. The van der Waals surface area contributed by atoms with Gasteiger partial charge in [-0.15, -0.1) is 0 Å². The Hall–Kier alpha value is -2.83. The van der Waals surface area contributed by atoms with Crippen molar-refractivity contribution in [2.24, 2.45) is 0 Å². The molecule has 0 aliphatic carbocycles. The van der Waals surface area contributed by atoms with Crippen molar-refractivity contribution in [3.63, 3.8) is 0 Å². The average Bonchev–Trinajstić information content (AvgIpc) is 2.41. The molecule has 0 amide bonds. The zero-order chi connectivity index (χ0) is 14.9. The van der Waals surface area contributed by atoms with Crippen LogP contribution in [0.15, 0.2) is 36.4 Å². The van der Waals surface area contributed by atoms with Crippen molar-refractivity contribution in [1.29, 1.82) is 0 Å². The molecule has 0 radical (unpaired) electrons. The van der Waals surface area contributed by atoms with E-state index in [0.717, 1.165) is 24.3 Å². The second-order valence-corrected chi connectivity index (χ2v) is 3.92. The quantitative estimate of drug-likeness (QED) is 0.690. The first kappa shape index (κ1) is 13.6. The third-order valence-corrected chi connectivity index (χ3v) is 2.68. The van der Waals surface area contributed by atoms with Crippen molar-refractivity contribution in [3.8, 4) is 11.1 Å². The lowest BCUT2D eigenvalue weighted by Crippen LogP contribution is -2.02. The van der Waals surface area contributed by atoms with Gasteiger partial charge < -0.3 is 5.11 Å². The SMILES string of the molecule is O=C(O)c1ccc(-c2ccc(F)c(F)c2)cc1[N+](=O)[O-].